The highest BCUT2D eigenvalue weighted by molar-refractivity contribution is 7.14. The van der Waals surface area contributed by atoms with Crippen LogP contribution in [0.25, 0.3) is 11.6 Å². The predicted molar refractivity (Wildman–Crippen MR) is 106 cm³/mol. The zero-order valence-corrected chi connectivity index (χ0v) is 15.0. The number of hydrogen-bond donors (Lipinski definition) is 1. The Balaban J connectivity index is 1.49. The van der Waals surface area contributed by atoms with E-state index in [0.717, 1.165) is 24.1 Å². The van der Waals surface area contributed by atoms with E-state index in [-0.39, 0.29) is 11.6 Å². The van der Waals surface area contributed by atoms with Crippen molar-refractivity contribution < 1.29 is 9.72 Å². The second-order valence-corrected chi connectivity index (χ2v) is 7.02. The summed E-state index contributed by atoms with van der Waals surface area (Å²) in [4.78, 5) is 27.0. The molecule has 0 saturated carbocycles. The van der Waals surface area contributed by atoms with E-state index in [1.165, 1.54) is 46.7 Å². The number of non-ortho nitro benzene ring substituents is 1. The van der Waals surface area contributed by atoms with Crippen molar-refractivity contribution in [2.45, 2.75) is 12.8 Å². The number of hydrogen-bond acceptors (Lipinski definition) is 5. The molecule has 6 nitrogen and oxygen atoms in total. The Hall–Kier alpha value is -3.32. The highest BCUT2D eigenvalue weighted by atomic mass is 32.1. The molecule has 0 spiro atoms. The standard InChI is InChI=1S/C20H15N3O3S/c24-19(14-7-9-17(10-8-14)23(25)26)22-20-21-18(12-27-20)16-6-5-13-3-1-2-4-15(13)11-16/h1-4,7-12H,5-6H2,(H,21,22,24). The van der Waals surface area contributed by atoms with Gasteiger partial charge in [0.1, 0.15) is 0 Å². The number of anilines is 1. The topological polar surface area (TPSA) is 85.1 Å². The van der Waals surface area contributed by atoms with Crippen molar-refractivity contribution in [2.75, 3.05) is 5.32 Å². The highest BCUT2D eigenvalue weighted by Gasteiger charge is 2.15. The molecule has 4 rings (SSSR count). The number of aromatic nitrogens is 1. The van der Waals surface area contributed by atoms with Gasteiger partial charge in [-0.3, -0.25) is 20.2 Å². The molecule has 0 unspecified atom stereocenters. The number of aryl methyl sites for hydroxylation is 1. The van der Waals surface area contributed by atoms with Crippen molar-refractivity contribution in [3.8, 4) is 0 Å². The van der Waals surface area contributed by atoms with Gasteiger partial charge in [0, 0.05) is 23.1 Å². The molecule has 27 heavy (non-hydrogen) atoms. The minimum atomic E-state index is -0.495. The molecule has 2 aromatic carbocycles. The van der Waals surface area contributed by atoms with Crippen molar-refractivity contribution in [3.05, 3.63) is 86.4 Å². The molecular weight excluding hydrogens is 362 g/mol. The normalized spacial score (nSPS) is 12.8. The Kier molecular flexibility index (Phi) is 4.52. The Bertz CT molecular complexity index is 1050. The van der Waals surface area contributed by atoms with Gasteiger partial charge < -0.3 is 0 Å². The quantitative estimate of drug-likeness (QED) is 0.523. The minimum Gasteiger partial charge on any atom is -0.298 e. The molecule has 7 heteroatoms. The summed E-state index contributed by atoms with van der Waals surface area (Å²) >= 11 is 1.36. The van der Waals surface area contributed by atoms with Crippen molar-refractivity contribution in [3.63, 3.8) is 0 Å². The number of nitro benzene ring substituents is 1. The summed E-state index contributed by atoms with van der Waals surface area (Å²) in [5.41, 5.74) is 4.87. The summed E-state index contributed by atoms with van der Waals surface area (Å²) in [5, 5.41) is 15.9. The first-order valence-electron chi connectivity index (χ1n) is 8.40. The lowest BCUT2D eigenvalue weighted by Crippen LogP contribution is -2.11. The number of nitrogens with zero attached hydrogens (tertiary/aromatic N) is 2. The predicted octanol–water partition coefficient (Wildman–Crippen LogP) is 4.79. The van der Waals surface area contributed by atoms with Crippen LogP contribution in [0.4, 0.5) is 10.8 Å². The Labute approximate surface area is 159 Å². The van der Waals surface area contributed by atoms with Gasteiger partial charge in [-0.1, -0.05) is 24.3 Å². The van der Waals surface area contributed by atoms with Crippen LogP contribution in [-0.4, -0.2) is 15.8 Å². The maximum Gasteiger partial charge on any atom is 0.269 e. The van der Waals surface area contributed by atoms with E-state index in [1.807, 2.05) is 17.5 Å². The van der Waals surface area contributed by atoms with Crippen molar-refractivity contribution in [2.24, 2.45) is 0 Å². The SMILES string of the molecule is O=C(Nc1nc(C2=Cc3ccccc3CC2)cs1)c1ccc([N+](=O)[O-])cc1. The van der Waals surface area contributed by atoms with E-state index >= 15 is 0 Å². The van der Waals surface area contributed by atoms with E-state index in [4.69, 9.17) is 0 Å². The lowest BCUT2D eigenvalue weighted by molar-refractivity contribution is -0.384. The number of nitrogens with one attached hydrogen (secondary N) is 1. The summed E-state index contributed by atoms with van der Waals surface area (Å²) in [6.45, 7) is 0. The van der Waals surface area contributed by atoms with Crippen LogP contribution in [0.1, 0.15) is 33.6 Å². The van der Waals surface area contributed by atoms with Crippen LogP contribution in [0.15, 0.2) is 53.9 Å². The van der Waals surface area contributed by atoms with Crippen LogP contribution >= 0.6 is 11.3 Å². The molecule has 1 N–H and O–H groups in total. The third-order valence-corrected chi connectivity index (χ3v) is 5.20. The van der Waals surface area contributed by atoms with Gasteiger partial charge in [-0.25, -0.2) is 4.98 Å². The number of carbonyl (C=O) groups excluding carboxylic acids is 1. The van der Waals surface area contributed by atoms with Gasteiger partial charge in [-0.05, 0) is 47.8 Å². The average Bonchev–Trinajstić information content (AvgIpc) is 3.16. The molecule has 1 amide bonds. The molecule has 1 heterocycles. The van der Waals surface area contributed by atoms with E-state index < -0.39 is 4.92 Å². The van der Waals surface area contributed by atoms with E-state index in [1.54, 1.807) is 0 Å². The monoisotopic (exact) mass is 377 g/mol. The number of fused-ring (bicyclic) bond motifs is 1. The fourth-order valence-electron chi connectivity index (χ4n) is 3.02. The molecule has 0 atom stereocenters. The van der Waals surface area contributed by atoms with Gasteiger partial charge in [0.15, 0.2) is 5.13 Å². The number of nitro groups is 1. The molecule has 0 saturated heterocycles. The number of carbonyl (C=O) groups is 1. The fraction of sp³-hybridized carbons (Fsp3) is 0.100. The smallest absolute Gasteiger partial charge is 0.269 e. The molecule has 0 fully saturated rings. The Morgan fingerprint density at radius 2 is 1.89 bits per heavy atom. The fourth-order valence-corrected chi connectivity index (χ4v) is 3.75. The first-order valence-corrected chi connectivity index (χ1v) is 9.28. The second kappa shape index (κ2) is 7.13. The summed E-state index contributed by atoms with van der Waals surface area (Å²) in [6, 6.07) is 13.8. The van der Waals surface area contributed by atoms with Gasteiger partial charge in [0.25, 0.3) is 11.6 Å². The Morgan fingerprint density at radius 1 is 1.11 bits per heavy atom. The van der Waals surface area contributed by atoms with Crippen molar-refractivity contribution >= 4 is 39.7 Å². The van der Waals surface area contributed by atoms with E-state index in [0.29, 0.717) is 10.7 Å². The lowest BCUT2D eigenvalue weighted by atomic mass is 9.91. The van der Waals surface area contributed by atoms with E-state index in [9.17, 15) is 14.9 Å². The first kappa shape index (κ1) is 17.1. The third-order valence-electron chi connectivity index (χ3n) is 4.44. The maximum atomic E-state index is 12.3. The minimum absolute atomic E-state index is 0.0485. The summed E-state index contributed by atoms with van der Waals surface area (Å²) in [6.07, 6.45) is 4.04. The van der Waals surface area contributed by atoms with Gasteiger partial charge >= 0.3 is 0 Å². The third kappa shape index (κ3) is 3.63. The van der Waals surface area contributed by atoms with Crippen LogP contribution < -0.4 is 5.32 Å². The van der Waals surface area contributed by atoms with Crippen molar-refractivity contribution in [1.29, 1.82) is 0 Å². The van der Waals surface area contributed by atoms with Crippen LogP contribution in [0.5, 0.6) is 0 Å². The molecule has 0 bridgehead atoms. The van der Waals surface area contributed by atoms with Crippen LogP contribution in [0.2, 0.25) is 0 Å². The number of allylic oxidation sites excluding steroid dienone is 1. The first-order chi connectivity index (χ1) is 13.1. The van der Waals surface area contributed by atoms with Gasteiger partial charge in [-0.15, -0.1) is 11.3 Å². The highest BCUT2D eigenvalue weighted by Crippen LogP contribution is 2.32. The van der Waals surface area contributed by atoms with Crippen molar-refractivity contribution in [1.82, 2.24) is 4.98 Å². The maximum absolute atomic E-state index is 12.3. The number of rotatable bonds is 4. The van der Waals surface area contributed by atoms with Gasteiger partial charge in [0.05, 0.1) is 10.6 Å². The number of thiazole rings is 1. The van der Waals surface area contributed by atoms with Crippen LogP contribution in [-0.2, 0) is 6.42 Å². The van der Waals surface area contributed by atoms with Gasteiger partial charge in [-0.2, -0.15) is 0 Å². The summed E-state index contributed by atoms with van der Waals surface area (Å²) in [5.74, 6) is -0.339. The van der Waals surface area contributed by atoms with Crippen LogP contribution in [0, 0.1) is 10.1 Å². The molecular formula is C20H15N3O3S. The molecule has 3 aromatic rings. The molecule has 0 aliphatic heterocycles. The van der Waals surface area contributed by atoms with Gasteiger partial charge in [0.2, 0.25) is 0 Å². The van der Waals surface area contributed by atoms with E-state index in [2.05, 4.69) is 28.5 Å². The second-order valence-electron chi connectivity index (χ2n) is 6.16. The molecule has 1 aromatic heterocycles. The zero-order chi connectivity index (χ0) is 18.8. The lowest BCUT2D eigenvalue weighted by Gasteiger charge is -2.14. The number of amides is 1. The molecule has 134 valence electrons. The number of benzene rings is 2. The molecule has 0 radical (unpaired) electrons. The summed E-state index contributed by atoms with van der Waals surface area (Å²) < 4.78 is 0. The molecule has 1 aliphatic rings. The largest absolute Gasteiger partial charge is 0.298 e. The van der Waals surface area contributed by atoms with Crippen LogP contribution in [0.3, 0.4) is 0 Å². The average molecular weight is 377 g/mol. The molecule has 1 aliphatic carbocycles. The summed E-state index contributed by atoms with van der Waals surface area (Å²) in [7, 11) is 0. The zero-order valence-electron chi connectivity index (χ0n) is 14.2. The Morgan fingerprint density at radius 3 is 2.67 bits per heavy atom.